The minimum Gasteiger partial charge on any atom is -0.468 e. The fraction of sp³-hybridized carbons (Fsp3) is 0.231. The molecule has 1 atom stereocenters. The minimum absolute atomic E-state index is 0.295. The Morgan fingerprint density at radius 1 is 1.40 bits per heavy atom. The highest BCUT2D eigenvalue weighted by Gasteiger charge is 2.18. The Kier molecular flexibility index (Phi) is 3.27. The second kappa shape index (κ2) is 5.09. The van der Waals surface area contributed by atoms with Gasteiger partial charge in [0.05, 0.1) is 12.6 Å². The van der Waals surface area contributed by atoms with Crippen molar-refractivity contribution in [2.75, 3.05) is 7.11 Å². The summed E-state index contributed by atoms with van der Waals surface area (Å²) in [5.74, 6) is -0.295. The number of ether oxygens (including phenoxy) is 1. The molecular weight excluding hydrogens is 276 g/mol. The summed E-state index contributed by atoms with van der Waals surface area (Å²) in [6.45, 7) is 1.76. The number of carbonyl (C=O) groups excluding carboxylic acids is 1. The van der Waals surface area contributed by atoms with Crippen LogP contribution in [0.15, 0.2) is 35.7 Å². The van der Waals surface area contributed by atoms with Crippen molar-refractivity contribution in [3.63, 3.8) is 0 Å². The van der Waals surface area contributed by atoms with E-state index in [1.54, 1.807) is 17.8 Å². The summed E-state index contributed by atoms with van der Waals surface area (Å²) >= 11 is 1.27. The maximum Gasteiger partial charge on any atom is 0.318 e. The van der Waals surface area contributed by atoms with Gasteiger partial charge in [0, 0.05) is 5.39 Å². The molecule has 3 aromatic rings. The second-order valence-electron chi connectivity index (χ2n) is 4.21. The standard InChI is InChI=1S/C13H12N4O2S/c1-8(12(18)19-2)20-13-15-11-9-5-3-4-6-10(9)14-7-17(11)16-13/h3-8H,1-2H3/t8-/m1/s1. The number of rotatable bonds is 3. The Balaban J connectivity index is 2.02. The highest BCUT2D eigenvalue weighted by atomic mass is 32.2. The van der Waals surface area contributed by atoms with Crippen molar-refractivity contribution in [3.05, 3.63) is 30.6 Å². The Bertz CT molecular complexity index is 786. The Morgan fingerprint density at radius 3 is 3.00 bits per heavy atom. The average Bonchev–Trinajstić information content (AvgIpc) is 2.89. The van der Waals surface area contributed by atoms with Crippen LogP contribution < -0.4 is 0 Å². The molecule has 0 amide bonds. The predicted molar refractivity (Wildman–Crippen MR) is 75.6 cm³/mol. The van der Waals surface area contributed by atoms with Crippen LogP contribution in [-0.4, -0.2) is 37.9 Å². The lowest BCUT2D eigenvalue weighted by Crippen LogP contribution is -2.14. The summed E-state index contributed by atoms with van der Waals surface area (Å²) in [5.41, 5.74) is 1.60. The van der Waals surface area contributed by atoms with Gasteiger partial charge in [0.1, 0.15) is 11.6 Å². The molecule has 2 heterocycles. The number of para-hydroxylation sites is 1. The number of fused-ring (bicyclic) bond motifs is 3. The Labute approximate surface area is 119 Å². The third kappa shape index (κ3) is 2.20. The van der Waals surface area contributed by atoms with Gasteiger partial charge in [-0.15, -0.1) is 5.10 Å². The first-order valence-corrected chi connectivity index (χ1v) is 6.91. The fourth-order valence-corrected chi connectivity index (χ4v) is 2.67. The lowest BCUT2D eigenvalue weighted by Gasteiger charge is -2.04. The molecule has 0 saturated carbocycles. The van der Waals surface area contributed by atoms with E-state index in [0.29, 0.717) is 5.16 Å². The fourth-order valence-electron chi connectivity index (χ4n) is 1.88. The van der Waals surface area contributed by atoms with Crippen LogP contribution in [0.3, 0.4) is 0 Å². The molecule has 0 aliphatic rings. The number of hydrogen-bond donors (Lipinski definition) is 0. The number of esters is 1. The molecule has 2 aromatic heterocycles. The van der Waals surface area contributed by atoms with Crippen LogP contribution in [0.4, 0.5) is 0 Å². The van der Waals surface area contributed by atoms with Crippen LogP contribution in [0.25, 0.3) is 16.6 Å². The SMILES string of the molecule is COC(=O)[C@@H](C)Sc1nc2c3ccccc3ncn2n1. The van der Waals surface area contributed by atoms with Crippen molar-refractivity contribution in [3.8, 4) is 0 Å². The van der Waals surface area contributed by atoms with E-state index in [2.05, 4.69) is 15.1 Å². The van der Waals surface area contributed by atoms with Gasteiger partial charge in [-0.05, 0) is 19.1 Å². The summed E-state index contributed by atoms with van der Waals surface area (Å²) in [7, 11) is 1.37. The zero-order chi connectivity index (χ0) is 14.1. The highest BCUT2D eigenvalue weighted by molar-refractivity contribution is 8.00. The highest BCUT2D eigenvalue weighted by Crippen LogP contribution is 2.23. The van der Waals surface area contributed by atoms with Crippen molar-refractivity contribution < 1.29 is 9.53 Å². The molecule has 6 nitrogen and oxygen atoms in total. The van der Waals surface area contributed by atoms with E-state index in [4.69, 9.17) is 4.74 Å². The zero-order valence-electron chi connectivity index (χ0n) is 11.0. The molecule has 0 fully saturated rings. The van der Waals surface area contributed by atoms with Crippen LogP contribution in [0.1, 0.15) is 6.92 Å². The molecule has 7 heteroatoms. The minimum atomic E-state index is -0.350. The van der Waals surface area contributed by atoms with Gasteiger partial charge in [-0.1, -0.05) is 23.9 Å². The molecule has 3 rings (SSSR count). The number of hydrogen-bond acceptors (Lipinski definition) is 6. The van der Waals surface area contributed by atoms with E-state index >= 15 is 0 Å². The number of nitrogens with zero attached hydrogens (tertiary/aromatic N) is 4. The smallest absolute Gasteiger partial charge is 0.318 e. The van der Waals surface area contributed by atoms with E-state index in [9.17, 15) is 4.79 Å². The quantitative estimate of drug-likeness (QED) is 0.542. The van der Waals surface area contributed by atoms with E-state index in [1.807, 2.05) is 24.3 Å². The van der Waals surface area contributed by atoms with Crippen LogP contribution in [0.5, 0.6) is 0 Å². The molecular formula is C13H12N4O2S. The predicted octanol–water partition coefficient (Wildman–Crippen LogP) is 1.93. The molecule has 0 aliphatic carbocycles. The largest absolute Gasteiger partial charge is 0.468 e. The number of methoxy groups -OCH3 is 1. The maximum atomic E-state index is 11.4. The van der Waals surface area contributed by atoms with Crippen molar-refractivity contribution in [2.24, 2.45) is 0 Å². The van der Waals surface area contributed by atoms with Crippen molar-refractivity contribution in [2.45, 2.75) is 17.3 Å². The lowest BCUT2D eigenvalue weighted by atomic mass is 10.2. The zero-order valence-corrected chi connectivity index (χ0v) is 11.8. The molecule has 0 spiro atoms. The van der Waals surface area contributed by atoms with Crippen LogP contribution >= 0.6 is 11.8 Å². The number of aromatic nitrogens is 4. The summed E-state index contributed by atoms with van der Waals surface area (Å²) in [4.78, 5) is 20.2. The first-order chi connectivity index (χ1) is 9.69. The van der Waals surface area contributed by atoms with E-state index in [-0.39, 0.29) is 11.2 Å². The summed E-state index contributed by atoms with van der Waals surface area (Å²) in [5, 5.41) is 5.43. The topological polar surface area (TPSA) is 69.4 Å². The van der Waals surface area contributed by atoms with Gasteiger partial charge in [0.2, 0.25) is 5.16 Å². The van der Waals surface area contributed by atoms with Gasteiger partial charge in [-0.3, -0.25) is 4.79 Å². The number of benzene rings is 1. The van der Waals surface area contributed by atoms with Crippen LogP contribution in [0, 0.1) is 0 Å². The van der Waals surface area contributed by atoms with Gasteiger partial charge in [0.25, 0.3) is 0 Å². The first kappa shape index (κ1) is 12.9. The molecule has 0 bridgehead atoms. The molecule has 0 radical (unpaired) electrons. The normalized spacial score (nSPS) is 12.7. The van der Waals surface area contributed by atoms with Crippen molar-refractivity contribution >= 4 is 34.3 Å². The van der Waals surface area contributed by atoms with Gasteiger partial charge >= 0.3 is 5.97 Å². The third-order valence-electron chi connectivity index (χ3n) is 2.88. The van der Waals surface area contributed by atoms with Gasteiger partial charge in [0.15, 0.2) is 5.65 Å². The van der Waals surface area contributed by atoms with Gasteiger partial charge < -0.3 is 4.74 Å². The van der Waals surface area contributed by atoms with Crippen molar-refractivity contribution in [1.29, 1.82) is 0 Å². The lowest BCUT2D eigenvalue weighted by molar-refractivity contribution is -0.139. The van der Waals surface area contributed by atoms with E-state index in [1.165, 1.54) is 18.9 Å². The third-order valence-corrected chi connectivity index (χ3v) is 3.81. The van der Waals surface area contributed by atoms with Crippen molar-refractivity contribution in [1.82, 2.24) is 19.6 Å². The van der Waals surface area contributed by atoms with Gasteiger partial charge in [-0.25, -0.2) is 14.5 Å². The molecule has 102 valence electrons. The second-order valence-corrected chi connectivity index (χ2v) is 5.52. The molecule has 1 aromatic carbocycles. The van der Waals surface area contributed by atoms with Crippen LogP contribution in [-0.2, 0) is 9.53 Å². The first-order valence-electron chi connectivity index (χ1n) is 6.03. The van der Waals surface area contributed by atoms with E-state index < -0.39 is 0 Å². The van der Waals surface area contributed by atoms with Crippen LogP contribution in [0.2, 0.25) is 0 Å². The molecule has 0 aliphatic heterocycles. The summed E-state index contributed by atoms with van der Waals surface area (Å²) in [6.07, 6.45) is 1.62. The monoisotopic (exact) mass is 288 g/mol. The Hall–Kier alpha value is -2.15. The average molecular weight is 288 g/mol. The summed E-state index contributed by atoms with van der Waals surface area (Å²) in [6, 6.07) is 7.73. The maximum absolute atomic E-state index is 11.4. The number of thioether (sulfide) groups is 1. The van der Waals surface area contributed by atoms with Gasteiger partial charge in [-0.2, -0.15) is 0 Å². The summed E-state index contributed by atoms with van der Waals surface area (Å²) < 4.78 is 6.31. The molecule has 0 unspecified atom stereocenters. The number of carbonyl (C=O) groups is 1. The molecule has 20 heavy (non-hydrogen) atoms. The molecule has 0 N–H and O–H groups in total. The molecule has 0 saturated heterocycles. The Morgan fingerprint density at radius 2 is 2.20 bits per heavy atom. The van der Waals surface area contributed by atoms with E-state index in [0.717, 1.165) is 16.6 Å².